The molecule has 23 heavy (non-hydrogen) atoms. The SMILES string of the molecule is Cc1cc(/C=C(\C#N)C(=O)O[C@H](C)C(N)=O)c(C)n1CC(C)C. The van der Waals surface area contributed by atoms with Gasteiger partial charge in [-0.2, -0.15) is 5.26 Å². The van der Waals surface area contributed by atoms with Crippen LogP contribution in [-0.2, 0) is 20.9 Å². The van der Waals surface area contributed by atoms with Crippen molar-refractivity contribution >= 4 is 18.0 Å². The van der Waals surface area contributed by atoms with Gasteiger partial charge in [-0.25, -0.2) is 4.79 Å². The number of aromatic nitrogens is 1. The third-order valence-corrected chi connectivity index (χ3v) is 3.49. The van der Waals surface area contributed by atoms with Gasteiger partial charge in [0.25, 0.3) is 5.91 Å². The number of esters is 1. The highest BCUT2D eigenvalue weighted by Gasteiger charge is 2.19. The summed E-state index contributed by atoms with van der Waals surface area (Å²) >= 11 is 0. The van der Waals surface area contributed by atoms with E-state index in [4.69, 9.17) is 10.5 Å². The second-order valence-corrected chi connectivity index (χ2v) is 5.95. The van der Waals surface area contributed by atoms with E-state index in [1.165, 1.54) is 13.0 Å². The summed E-state index contributed by atoms with van der Waals surface area (Å²) in [6, 6.07) is 3.73. The second-order valence-electron chi connectivity index (χ2n) is 5.95. The van der Waals surface area contributed by atoms with Crippen molar-refractivity contribution in [1.29, 1.82) is 5.26 Å². The van der Waals surface area contributed by atoms with Crippen LogP contribution in [0.4, 0.5) is 0 Å². The number of carbonyl (C=O) groups excluding carboxylic acids is 2. The van der Waals surface area contributed by atoms with Crippen molar-refractivity contribution in [2.45, 2.75) is 47.3 Å². The molecule has 1 heterocycles. The fraction of sp³-hybridized carbons (Fsp3) is 0.471. The molecular weight excluding hydrogens is 294 g/mol. The first-order valence-corrected chi connectivity index (χ1v) is 7.46. The topological polar surface area (TPSA) is 98.1 Å². The van der Waals surface area contributed by atoms with Gasteiger partial charge in [0.15, 0.2) is 6.10 Å². The third-order valence-electron chi connectivity index (χ3n) is 3.49. The van der Waals surface area contributed by atoms with E-state index in [0.29, 0.717) is 5.92 Å². The van der Waals surface area contributed by atoms with Gasteiger partial charge in [-0.1, -0.05) is 13.8 Å². The first-order valence-electron chi connectivity index (χ1n) is 7.46. The Balaban J connectivity index is 3.10. The molecule has 1 amide bonds. The van der Waals surface area contributed by atoms with E-state index in [-0.39, 0.29) is 5.57 Å². The molecule has 0 aliphatic carbocycles. The van der Waals surface area contributed by atoms with Crippen LogP contribution < -0.4 is 5.73 Å². The highest BCUT2D eigenvalue weighted by Crippen LogP contribution is 2.20. The Bertz CT molecular complexity index is 678. The molecule has 6 nitrogen and oxygen atoms in total. The summed E-state index contributed by atoms with van der Waals surface area (Å²) in [7, 11) is 0. The van der Waals surface area contributed by atoms with Crippen LogP contribution in [0.2, 0.25) is 0 Å². The van der Waals surface area contributed by atoms with Crippen LogP contribution in [0.3, 0.4) is 0 Å². The van der Waals surface area contributed by atoms with Gasteiger partial charge in [-0.15, -0.1) is 0 Å². The van der Waals surface area contributed by atoms with E-state index in [1.54, 1.807) is 0 Å². The largest absolute Gasteiger partial charge is 0.448 e. The Morgan fingerprint density at radius 3 is 2.48 bits per heavy atom. The van der Waals surface area contributed by atoms with Gasteiger partial charge >= 0.3 is 5.97 Å². The summed E-state index contributed by atoms with van der Waals surface area (Å²) in [5.74, 6) is -1.13. The molecule has 2 N–H and O–H groups in total. The van der Waals surface area contributed by atoms with Crippen LogP contribution in [-0.4, -0.2) is 22.5 Å². The summed E-state index contributed by atoms with van der Waals surface area (Å²) in [5.41, 5.74) is 7.69. The molecular formula is C17H23N3O3. The Labute approximate surface area is 136 Å². The molecule has 124 valence electrons. The number of hydrogen-bond donors (Lipinski definition) is 1. The summed E-state index contributed by atoms with van der Waals surface area (Å²) in [5, 5.41) is 9.18. The van der Waals surface area contributed by atoms with Crippen molar-refractivity contribution < 1.29 is 14.3 Å². The van der Waals surface area contributed by atoms with Crippen LogP contribution in [0.25, 0.3) is 6.08 Å². The first kappa shape index (κ1) is 18.5. The lowest BCUT2D eigenvalue weighted by molar-refractivity contribution is -0.149. The van der Waals surface area contributed by atoms with Crippen molar-refractivity contribution in [2.24, 2.45) is 11.7 Å². The molecule has 0 aromatic carbocycles. The van der Waals surface area contributed by atoms with Crippen molar-refractivity contribution in [3.05, 3.63) is 28.6 Å². The molecule has 0 unspecified atom stereocenters. The first-order chi connectivity index (χ1) is 10.7. The molecule has 0 bridgehead atoms. The van der Waals surface area contributed by atoms with E-state index in [9.17, 15) is 14.9 Å². The number of ether oxygens (including phenoxy) is 1. The fourth-order valence-electron chi connectivity index (χ4n) is 2.19. The molecule has 0 radical (unpaired) electrons. The van der Waals surface area contributed by atoms with Crippen molar-refractivity contribution in [3.63, 3.8) is 0 Å². The summed E-state index contributed by atoms with van der Waals surface area (Å²) in [6.45, 7) is 10.4. The zero-order valence-electron chi connectivity index (χ0n) is 14.2. The number of nitrogens with two attached hydrogens (primary N) is 1. The van der Waals surface area contributed by atoms with Crippen molar-refractivity contribution in [3.8, 4) is 6.07 Å². The Hall–Kier alpha value is -2.55. The standard InChI is InChI=1S/C17H23N3O3/c1-10(2)9-20-11(3)6-14(12(20)4)7-15(8-18)17(22)23-13(5)16(19)21/h6-7,10,13H,9H2,1-5H3,(H2,19,21)/b15-7+/t13-/m1/s1. The second kappa shape index (κ2) is 7.63. The van der Waals surface area contributed by atoms with Crippen molar-refractivity contribution in [2.75, 3.05) is 0 Å². The molecule has 0 fully saturated rings. The molecule has 1 aromatic rings. The van der Waals surface area contributed by atoms with E-state index < -0.39 is 18.0 Å². The zero-order valence-corrected chi connectivity index (χ0v) is 14.2. The summed E-state index contributed by atoms with van der Waals surface area (Å²) in [6.07, 6.45) is 0.405. The monoisotopic (exact) mass is 317 g/mol. The molecule has 0 saturated heterocycles. The third kappa shape index (κ3) is 4.71. The van der Waals surface area contributed by atoms with Gasteiger partial charge in [-0.3, -0.25) is 4.79 Å². The minimum atomic E-state index is -1.08. The predicted molar refractivity (Wildman–Crippen MR) is 87.1 cm³/mol. The minimum absolute atomic E-state index is 0.164. The van der Waals surface area contributed by atoms with E-state index in [1.807, 2.05) is 26.0 Å². The molecule has 0 saturated carbocycles. The summed E-state index contributed by atoms with van der Waals surface area (Å²) < 4.78 is 7.01. The number of aryl methyl sites for hydroxylation is 1. The highest BCUT2D eigenvalue weighted by molar-refractivity contribution is 5.99. The lowest BCUT2D eigenvalue weighted by atomic mass is 10.1. The normalized spacial score (nSPS) is 12.8. The lowest BCUT2D eigenvalue weighted by Gasteiger charge is -2.12. The number of rotatable bonds is 6. The van der Waals surface area contributed by atoms with Gasteiger partial charge in [0.05, 0.1) is 0 Å². The number of nitrogens with zero attached hydrogens (tertiary/aromatic N) is 2. The van der Waals surface area contributed by atoms with E-state index in [0.717, 1.165) is 23.5 Å². The molecule has 0 spiro atoms. The molecule has 0 aliphatic rings. The van der Waals surface area contributed by atoms with E-state index >= 15 is 0 Å². The number of primary amides is 1. The van der Waals surface area contributed by atoms with Gasteiger partial charge in [-0.05, 0) is 44.4 Å². The average molecular weight is 317 g/mol. The zero-order chi connectivity index (χ0) is 17.7. The van der Waals surface area contributed by atoms with Crippen LogP contribution in [0.5, 0.6) is 0 Å². The number of hydrogen-bond acceptors (Lipinski definition) is 4. The minimum Gasteiger partial charge on any atom is -0.448 e. The summed E-state index contributed by atoms with van der Waals surface area (Å²) in [4.78, 5) is 22.9. The Kier molecular flexibility index (Phi) is 6.14. The smallest absolute Gasteiger partial charge is 0.349 e. The van der Waals surface area contributed by atoms with Crippen LogP contribution >= 0.6 is 0 Å². The molecule has 1 rings (SSSR count). The van der Waals surface area contributed by atoms with Gasteiger partial charge < -0.3 is 15.0 Å². The maximum Gasteiger partial charge on any atom is 0.349 e. The quantitative estimate of drug-likeness (QED) is 0.493. The van der Waals surface area contributed by atoms with Gasteiger partial charge in [0.2, 0.25) is 0 Å². The van der Waals surface area contributed by atoms with Gasteiger partial charge in [0, 0.05) is 17.9 Å². The molecule has 1 atom stereocenters. The van der Waals surface area contributed by atoms with E-state index in [2.05, 4.69) is 18.4 Å². The van der Waals surface area contributed by atoms with Crippen LogP contribution in [0, 0.1) is 31.1 Å². The number of nitriles is 1. The fourth-order valence-corrected chi connectivity index (χ4v) is 2.19. The number of carbonyl (C=O) groups is 2. The molecule has 1 aromatic heterocycles. The van der Waals surface area contributed by atoms with Crippen LogP contribution in [0.1, 0.15) is 37.7 Å². The van der Waals surface area contributed by atoms with Crippen LogP contribution in [0.15, 0.2) is 11.6 Å². The average Bonchev–Trinajstić information content (AvgIpc) is 2.71. The van der Waals surface area contributed by atoms with Crippen molar-refractivity contribution in [1.82, 2.24) is 4.57 Å². The molecule has 6 heteroatoms. The maximum absolute atomic E-state index is 11.9. The van der Waals surface area contributed by atoms with Gasteiger partial charge in [0.1, 0.15) is 11.6 Å². The highest BCUT2D eigenvalue weighted by atomic mass is 16.5. The number of amides is 1. The Morgan fingerprint density at radius 1 is 1.39 bits per heavy atom. The molecule has 0 aliphatic heterocycles. The predicted octanol–water partition coefficient (Wildman–Crippen LogP) is 2.08. The maximum atomic E-state index is 11.9. The lowest BCUT2D eigenvalue weighted by Crippen LogP contribution is -2.30. The Morgan fingerprint density at radius 2 is 2.00 bits per heavy atom.